The summed E-state index contributed by atoms with van der Waals surface area (Å²) in [5.41, 5.74) is 1.48. The van der Waals surface area contributed by atoms with Gasteiger partial charge < -0.3 is 15.3 Å². The van der Waals surface area contributed by atoms with E-state index in [4.69, 9.17) is 4.74 Å². The van der Waals surface area contributed by atoms with Crippen molar-refractivity contribution in [3.8, 4) is 17.0 Å². The number of hydrogen-bond donors (Lipinski definition) is 1. The van der Waals surface area contributed by atoms with Crippen molar-refractivity contribution in [3.05, 3.63) is 35.7 Å². The smallest absolute Gasteiger partial charge is 0.273 e. The van der Waals surface area contributed by atoms with Crippen LogP contribution in [0.15, 0.2) is 30.5 Å². The molecule has 0 aliphatic carbocycles. The zero-order chi connectivity index (χ0) is 15.0. The summed E-state index contributed by atoms with van der Waals surface area (Å²) in [6.45, 7) is 4.05. The number of nitrogens with zero attached hydrogens (tertiary/aromatic N) is 3. The summed E-state index contributed by atoms with van der Waals surface area (Å²) in [5.74, 6) is 1.72. The number of anilines is 1. The predicted octanol–water partition coefficient (Wildman–Crippen LogP) is 2.75. The summed E-state index contributed by atoms with van der Waals surface area (Å²) in [7, 11) is 1.61. The van der Waals surface area contributed by atoms with E-state index >= 15 is 0 Å². The average Bonchev–Trinajstić information content (AvgIpc) is 2.85. The number of benzene rings is 1. The molecule has 110 valence electrons. The number of aromatic nitrogens is 2. The van der Waals surface area contributed by atoms with Crippen LogP contribution in [-0.2, 0) is 0 Å². The number of ether oxygens (including phenoxy) is 1. The Balaban J connectivity index is 2.12. The molecule has 0 saturated heterocycles. The Hall–Kier alpha value is -2.18. The molecule has 3 rings (SSSR count). The van der Waals surface area contributed by atoms with Crippen LogP contribution in [0.3, 0.4) is 0 Å². The van der Waals surface area contributed by atoms with Crippen LogP contribution >= 0.6 is 0 Å². The molecule has 2 heterocycles. The van der Waals surface area contributed by atoms with Crippen molar-refractivity contribution in [3.63, 3.8) is 0 Å². The van der Waals surface area contributed by atoms with Crippen molar-refractivity contribution in [1.29, 1.82) is 0 Å². The second-order valence-electron chi connectivity index (χ2n) is 5.35. The lowest BCUT2D eigenvalue weighted by atomic mass is 10.1. The Kier molecular flexibility index (Phi) is 3.27. The van der Waals surface area contributed by atoms with Crippen LogP contribution in [0.2, 0.25) is 0 Å². The lowest BCUT2D eigenvalue weighted by molar-refractivity contribution is 0.336. The fraction of sp³-hybridized carbons (Fsp3) is 0.333. The second-order valence-corrected chi connectivity index (χ2v) is 5.35. The highest BCUT2D eigenvalue weighted by molar-refractivity contribution is 5.72. The van der Waals surface area contributed by atoms with Crippen LogP contribution in [0.5, 0.6) is 5.75 Å². The van der Waals surface area contributed by atoms with Crippen LogP contribution < -0.4 is 14.7 Å². The third-order valence-electron chi connectivity index (χ3n) is 3.81. The van der Waals surface area contributed by atoms with Gasteiger partial charge in [0, 0.05) is 5.56 Å². The van der Waals surface area contributed by atoms with Gasteiger partial charge in [0.25, 0.3) is 5.82 Å². The topological polar surface area (TPSA) is 70.1 Å². The maximum absolute atomic E-state index is 12.9. The summed E-state index contributed by atoms with van der Waals surface area (Å²) >= 11 is 0. The molecule has 2 aromatic rings. The molecule has 0 saturated carbocycles. The summed E-state index contributed by atoms with van der Waals surface area (Å²) < 4.78 is 4.84. The minimum atomic E-state index is -0.509. The van der Waals surface area contributed by atoms with Crippen LogP contribution in [-0.4, -0.2) is 29.8 Å². The van der Waals surface area contributed by atoms with Gasteiger partial charge in [0.1, 0.15) is 5.75 Å². The second kappa shape index (κ2) is 4.98. The summed E-state index contributed by atoms with van der Waals surface area (Å²) in [6, 6.07) is 7.46. The van der Waals surface area contributed by atoms with E-state index in [1.54, 1.807) is 13.3 Å². The van der Waals surface area contributed by atoms with Gasteiger partial charge in [-0.05, 0) is 26.0 Å². The highest BCUT2D eigenvalue weighted by Crippen LogP contribution is 2.38. The minimum Gasteiger partial charge on any atom is -0.625 e. The molecule has 1 aromatic carbocycles. The van der Waals surface area contributed by atoms with Gasteiger partial charge in [0.2, 0.25) is 5.82 Å². The Morgan fingerprint density at radius 3 is 2.81 bits per heavy atom. The van der Waals surface area contributed by atoms with E-state index in [1.165, 1.54) is 0 Å². The zero-order valence-electron chi connectivity index (χ0n) is 12.3. The molecule has 6 nitrogen and oxygen atoms in total. The number of para-hydroxylation sites is 1. The van der Waals surface area contributed by atoms with Crippen LogP contribution in [0.4, 0.5) is 11.6 Å². The molecule has 1 aliphatic rings. The number of fused-ring (bicyclic) bond motifs is 1. The molecule has 6 heteroatoms. The molecule has 1 atom stereocenters. The molecule has 1 N–H and O–H groups in total. The van der Waals surface area contributed by atoms with Crippen molar-refractivity contribution in [2.45, 2.75) is 19.9 Å². The number of quaternary nitrogens is 1. The Bertz CT molecular complexity index is 674. The van der Waals surface area contributed by atoms with E-state index in [0.717, 1.165) is 5.56 Å². The van der Waals surface area contributed by atoms with Gasteiger partial charge in [-0.2, -0.15) is 4.98 Å². The third kappa shape index (κ3) is 2.12. The first kappa shape index (κ1) is 13.8. The standard InChI is InChI=1S/C15H18N4O2/c1-10(2)19(20)9-17-14-15(19)18-12(8-16-14)11-6-4-5-7-13(11)21-3/h4-8,10H,9H2,1-3H3,(H,16,17). The SMILES string of the molecule is COc1ccccc1-c1cnc2c(n1)[N+]([O-])(C(C)C)CN2. The number of nitrogens with one attached hydrogen (secondary N) is 1. The zero-order valence-corrected chi connectivity index (χ0v) is 12.3. The van der Waals surface area contributed by atoms with Gasteiger partial charge in [-0.3, -0.25) is 4.65 Å². The Morgan fingerprint density at radius 1 is 1.33 bits per heavy atom. The fourth-order valence-corrected chi connectivity index (χ4v) is 2.45. The normalized spacial score (nSPS) is 20.2. The van der Waals surface area contributed by atoms with E-state index in [0.29, 0.717) is 23.1 Å². The van der Waals surface area contributed by atoms with Gasteiger partial charge in [-0.1, -0.05) is 12.1 Å². The first-order valence-corrected chi connectivity index (χ1v) is 6.90. The molecule has 1 aromatic heterocycles. The van der Waals surface area contributed by atoms with Crippen molar-refractivity contribution in [2.75, 3.05) is 19.1 Å². The largest absolute Gasteiger partial charge is 0.625 e. The van der Waals surface area contributed by atoms with Crippen LogP contribution in [0.25, 0.3) is 11.3 Å². The van der Waals surface area contributed by atoms with Crippen molar-refractivity contribution in [2.24, 2.45) is 0 Å². The lowest BCUT2D eigenvalue weighted by Gasteiger charge is -2.39. The molecular weight excluding hydrogens is 268 g/mol. The van der Waals surface area contributed by atoms with Crippen molar-refractivity contribution < 1.29 is 4.74 Å². The first-order chi connectivity index (χ1) is 10.1. The van der Waals surface area contributed by atoms with Crippen molar-refractivity contribution >= 4 is 11.6 Å². The molecule has 1 aliphatic heterocycles. The first-order valence-electron chi connectivity index (χ1n) is 6.90. The van der Waals surface area contributed by atoms with Crippen LogP contribution in [0, 0.1) is 5.21 Å². The number of hydrogen-bond acceptors (Lipinski definition) is 5. The molecule has 1 unspecified atom stereocenters. The Morgan fingerprint density at radius 2 is 2.10 bits per heavy atom. The van der Waals surface area contributed by atoms with Gasteiger partial charge in [-0.25, -0.2) is 4.98 Å². The Labute approximate surface area is 123 Å². The van der Waals surface area contributed by atoms with Crippen LogP contribution in [0.1, 0.15) is 13.8 Å². The number of rotatable bonds is 3. The molecular formula is C15H18N4O2. The number of hydroxylamine groups is 2. The van der Waals surface area contributed by atoms with E-state index in [1.807, 2.05) is 38.1 Å². The quantitative estimate of drug-likeness (QED) is 0.694. The minimum absolute atomic E-state index is 0.124. The summed E-state index contributed by atoms with van der Waals surface area (Å²) in [5, 5.41) is 15.9. The summed E-state index contributed by atoms with van der Waals surface area (Å²) in [6.07, 6.45) is 1.67. The van der Waals surface area contributed by atoms with Gasteiger partial charge >= 0.3 is 0 Å². The van der Waals surface area contributed by atoms with Gasteiger partial charge in [0.15, 0.2) is 6.67 Å². The molecule has 0 amide bonds. The molecule has 21 heavy (non-hydrogen) atoms. The summed E-state index contributed by atoms with van der Waals surface area (Å²) in [4.78, 5) is 8.91. The molecule has 0 spiro atoms. The third-order valence-corrected chi connectivity index (χ3v) is 3.81. The highest BCUT2D eigenvalue weighted by Gasteiger charge is 2.36. The van der Waals surface area contributed by atoms with E-state index in [2.05, 4.69) is 15.3 Å². The number of methoxy groups -OCH3 is 1. The predicted molar refractivity (Wildman–Crippen MR) is 82.8 cm³/mol. The highest BCUT2D eigenvalue weighted by atomic mass is 16.6. The average molecular weight is 286 g/mol. The van der Waals surface area contributed by atoms with Crippen molar-refractivity contribution in [1.82, 2.24) is 14.6 Å². The lowest BCUT2D eigenvalue weighted by Crippen LogP contribution is -2.49. The van der Waals surface area contributed by atoms with E-state index in [-0.39, 0.29) is 12.7 Å². The maximum Gasteiger partial charge on any atom is 0.273 e. The molecule has 0 radical (unpaired) electrons. The maximum atomic E-state index is 12.9. The van der Waals surface area contributed by atoms with Gasteiger partial charge in [0.05, 0.1) is 25.0 Å². The molecule has 0 fully saturated rings. The molecule has 0 bridgehead atoms. The van der Waals surface area contributed by atoms with E-state index in [9.17, 15) is 5.21 Å². The van der Waals surface area contributed by atoms with Gasteiger partial charge in [-0.15, -0.1) is 0 Å². The van der Waals surface area contributed by atoms with E-state index < -0.39 is 4.65 Å². The fourth-order valence-electron chi connectivity index (χ4n) is 2.45. The monoisotopic (exact) mass is 286 g/mol.